The zero-order chi connectivity index (χ0) is 17.1. The van der Waals surface area contributed by atoms with Crippen LogP contribution in [0.3, 0.4) is 0 Å². The lowest BCUT2D eigenvalue weighted by Gasteiger charge is -2.20. The van der Waals surface area contributed by atoms with Gasteiger partial charge in [0.2, 0.25) is 11.6 Å². The van der Waals surface area contributed by atoms with Crippen LogP contribution in [-0.4, -0.2) is 39.7 Å². The van der Waals surface area contributed by atoms with Crippen LogP contribution in [0.15, 0.2) is 17.8 Å². The Labute approximate surface area is 143 Å². The molecule has 1 aromatic carbocycles. The van der Waals surface area contributed by atoms with Crippen LogP contribution in [0.1, 0.15) is 56.9 Å². The predicted octanol–water partition coefficient (Wildman–Crippen LogP) is -0.120. The number of nitrogens with two attached hydrogens (primary N) is 1. The summed E-state index contributed by atoms with van der Waals surface area (Å²) in [6, 6.07) is 1.50. The van der Waals surface area contributed by atoms with Gasteiger partial charge < -0.3 is 21.4 Å². The normalized spacial score (nSPS) is 20.6. The molecule has 0 bridgehead atoms. The summed E-state index contributed by atoms with van der Waals surface area (Å²) in [6.45, 7) is 4.56. The van der Waals surface area contributed by atoms with E-state index in [9.17, 15) is 19.2 Å². The van der Waals surface area contributed by atoms with Crippen molar-refractivity contribution in [3.8, 4) is 5.75 Å². The van der Waals surface area contributed by atoms with Crippen LogP contribution in [0.25, 0.3) is 0 Å². The standard InChI is InChI=1S/C17H15NO5.2H2O/c1-7-4-9-12(11(20)5-10(18)14(9)21)13-15(7)23-17(3,16(13)22)6-8(2)19;;/h4-5H,6,18H2,1-3H3;2*1H2/t17-;;/m0../s1. The fourth-order valence-corrected chi connectivity index (χ4v) is 3.14. The number of benzene rings is 1. The van der Waals surface area contributed by atoms with E-state index in [0.29, 0.717) is 5.56 Å². The van der Waals surface area contributed by atoms with Gasteiger partial charge in [-0.25, -0.2) is 0 Å². The second-order valence-corrected chi connectivity index (χ2v) is 6.15. The molecule has 25 heavy (non-hydrogen) atoms. The first-order valence-electron chi connectivity index (χ1n) is 7.13. The minimum atomic E-state index is -1.36. The number of hydrogen-bond acceptors (Lipinski definition) is 6. The van der Waals surface area contributed by atoms with Crippen molar-refractivity contribution < 1.29 is 34.9 Å². The molecule has 0 saturated heterocycles. The molecule has 1 aliphatic heterocycles. The summed E-state index contributed by atoms with van der Waals surface area (Å²) < 4.78 is 5.74. The SMILES string of the molecule is CC(=O)C[C@]1(C)Oc2c(C)cc3c(c2C1=O)C(=O)C=C(N)C3=O.O.O. The lowest BCUT2D eigenvalue weighted by molar-refractivity contribution is -0.119. The van der Waals surface area contributed by atoms with Crippen molar-refractivity contribution in [2.24, 2.45) is 5.73 Å². The molecule has 0 unspecified atom stereocenters. The van der Waals surface area contributed by atoms with E-state index >= 15 is 0 Å². The molecule has 0 radical (unpaired) electrons. The van der Waals surface area contributed by atoms with Crippen molar-refractivity contribution >= 4 is 23.1 Å². The Morgan fingerprint density at radius 3 is 2.36 bits per heavy atom. The molecule has 0 fully saturated rings. The first-order valence-corrected chi connectivity index (χ1v) is 7.13. The van der Waals surface area contributed by atoms with Crippen molar-refractivity contribution in [1.82, 2.24) is 0 Å². The average molecular weight is 349 g/mol. The Morgan fingerprint density at radius 1 is 1.20 bits per heavy atom. The molecule has 0 amide bonds. The number of ketones is 4. The smallest absolute Gasteiger partial charge is 0.211 e. The van der Waals surface area contributed by atoms with Crippen LogP contribution >= 0.6 is 0 Å². The van der Waals surface area contributed by atoms with Crippen LogP contribution in [0.5, 0.6) is 5.75 Å². The third-order valence-corrected chi connectivity index (χ3v) is 4.13. The van der Waals surface area contributed by atoms with Crippen LogP contribution < -0.4 is 10.5 Å². The van der Waals surface area contributed by atoms with E-state index in [1.165, 1.54) is 19.9 Å². The zero-order valence-corrected chi connectivity index (χ0v) is 14.0. The molecule has 1 aliphatic carbocycles. The third-order valence-electron chi connectivity index (χ3n) is 4.13. The van der Waals surface area contributed by atoms with Crippen LogP contribution in [0.4, 0.5) is 0 Å². The number of allylic oxidation sites excluding steroid dienone is 2. The Bertz CT molecular complexity index is 853. The summed E-state index contributed by atoms with van der Waals surface area (Å²) in [4.78, 5) is 48.8. The maximum absolute atomic E-state index is 12.8. The molecular weight excluding hydrogens is 330 g/mol. The highest BCUT2D eigenvalue weighted by Crippen LogP contribution is 2.43. The van der Waals surface area contributed by atoms with E-state index in [1.54, 1.807) is 6.92 Å². The summed E-state index contributed by atoms with van der Waals surface area (Å²) in [6.07, 6.45) is 0.920. The predicted molar refractivity (Wildman–Crippen MR) is 88.0 cm³/mol. The lowest BCUT2D eigenvalue weighted by Crippen LogP contribution is -2.38. The Balaban J connectivity index is 0.00000156. The van der Waals surface area contributed by atoms with Crippen molar-refractivity contribution in [2.45, 2.75) is 32.8 Å². The summed E-state index contributed by atoms with van der Waals surface area (Å²) in [5.74, 6) is -1.40. The number of aryl methyl sites for hydroxylation is 1. The van der Waals surface area contributed by atoms with Gasteiger partial charge in [0.25, 0.3) is 0 Å². The molecule has 1 aromatic rings. The maximum Gasteiger partial charge on any atom is 0.211 e. The average Bonchev–Trinajstić information content (AvgIpc) is 2.69. The zero-order valence-electron chi connectivity index (χ0n) is 14.0. The minimum absolute atomic E-state index is 0. The van der Waals surface area contributed by atoms with Crippen LogP contribution in [0.2, 0.25) is 0 Å². The van der Waals surface area contributed by atoms with Gasteiger partial charge >= 0.3 is 0 Å². The highest BCUT2D eigenvalue weighted by atomic mass is 16.5. The van der Waals surface area contributed by atoms with Crippen LogP contribution in [-0.2, 0) is 4.79 Å². The van der Waals surface area contributed by atoms with Gasteiger partial charge in [0.1, 0.15) is 11.5 Å². The van der Waals surface area contributed by atoms with Crippen molar-refractivity contribution in [3.05, 3.63) is 40.1 Å². The van der Waals surface area contributed by atoms with Crippen LogP contribution in [0, 0.1) is 6.92 Å². The molecular formula is C17H19NO7. The molecule has 8 heteroatoms. The topological polar surface area (TPSA) is 167 Å². The molecule has 8 nitrogen and oxygen atoms in total. The van der Waals surface area contributed by atoms with E-state index in [2.05, 4.69) is 0 Å². The van der Waals surface area contributed by atoms with E-state index < -0.39 is 23.0 Å². The fourth-order valence-electron chi connectivity index (χ4n) is 3.14. The lowest BCUT2D eigenvalue weighted by atomic mass is 9.83. The molecule has 1 atom stereocenters. The van der Waals surface area contributed by atoms with Gasteiger partial charge in [-0.05, 0) is 32.4 Å². The second-order valence-electron chi connectivity index (χ2n) is 6.15. The Kier molecular flexibility index (Phi) is 5.03. The summed E-state index contributed by atoms with van der Waals surface area (Å²) in [5.41, 5.74) is 4.80. The van der Waals surface area contributed by atoms with E-state index in [4.69, 9.17) is 10.5 Å². The summed E-state index contributed by atoms with van der Waals surface area (Å²) >= 11 is 0. The van der Waals surface area contributed by atoms with E-state index in [0.717, 1.165) is 6.08 Å². The monoisotopic (exact) mass is 349 g/mol. The highest BCUT2D eigenvalue weighted by molar-refractivity contribution is 6.29. The van der Waals surface area contributed by atoms with Gasteiger partial charge in [-0.1, -0.05) is 0 Å². The number of carbonyl (C=O) groups is 4. The van der Waals surface area contributed by atoms with E-state index in [1.807, 2.05) is 0 Å². The first kappa shape index (κ1) is 20.2. The Hall–Kier alpha value is -2.84. The van der Waals surface area contributed by atoms with Gasteiger partial charge in [0.05, 0.1) is 17.7 Å². The molecule has 134 valence electrons. The largest absolute Gasteiger partial charge is 0.478 e. The minimum Gasteiger partial charge on any atom is -0.478 e. The fraction of sp³-hybridized carbons (Fsp3) is 0.294. The number of hydrogen-bond donors (Lipinski definition) is 1. The summed E-state index contributed by atoms with van der Waals surface area (Å²) in [5, 5.41) is 0. The maximum atomic E-state index is 12.8. The molecule has 6 N–H and O–H groups in total. The van der Waals surface area contributed by atoms with Crippen molar-refractivity contribution in [2.75, 3.05) is 0 Å². The van der Waals surface area contributed by atoms with Gasteiger partial charge in [0, 0.05) is 17.2 Å². The molecule has 2 aliphatic rings. The van der Waals surface area contributed by atoms with Gasteiger partial charge in [-0.15, -0.1) is 0 Å². The van der Waals surface area contributed by atoms with Gasteiger partial charge in [-0.3, -0.25) is 19.2 Å². The Morgan fingerprint density at radius 2 is 1.80 bits per heavy atom. The third kappa shape index (κ3) is 2.75. The quantitative estimate of drug-likeness (QED) is 0.781. The summed E-state index contributed by atoms with van der Waals surface area (Å²) in [7, 11) is 0. The highest BCUT2D eigenvalue weighted by Gasteiger charge is 2.48. The number of carbonyl (C=O) groups excluding carboxylic acids is 4. The van der Waals surface area contributed by atoms with Gasteiger partial charge in [0.15, 0.2) is 11.4 Å². The molecule has 3 rings (SSSR count). The number of Topliss-reactive ketones (excluding diaryl/α,β-unsaturated/α-hetero) is 3. The van der Waals surface area contributed by atoms with Gasteiger partial charge in [-0.2, -0.15) is 0 Å². The number of fused-ring (bicyclic) bond motifs is 3. The van der Waals surface area contributed by atoms with Crippen molar-refractivity contribution in [1.29, 1.82) is 0 Å². The second kappa shape index (κ2) is 6.23. The number of rotatable bonds is 2. The molecule has 0 aromatic heterocycles. The molecule has 1 heterocycles. The number of ether oxygens (including phenoxy) is 1. The molecule has 0 spiro atoms. The van der Waals surface area contributed by atoms with Crippen molar-refractivity contribution in [3.63, 3.8) is 0 Å². The molecule has 0 saturated carbocycles. The first-order chi connectivity index (χ1) is 10.7. The van der Waals surface area contributed by atoms with E-state index in [-0.39, 0.29) is 51.3 Å².